The fourth-order valence-corrected chi connectivity index (χ4v) is 2.99. The van der Waals surface area contributed by atoms with Gasteiger partial charge in [-0.1, -0.05) is 6.07 Å². The van der Waals surface area contributed by atoms with Crippen molar-refractivity contribution in [2.24, 2.45) is 0 Å². The van der Waals surface area contributed by atoms with Gasteiger partial charge in [-0.2, -0.15) is 13.2 Å². The Balaban J connectivity index is 2.38. The molecule has 2 unspecified atom stereocenters. The molecule has 0 aromatic heterocycles. The van der Waals surface area contributed by atoms with E-state index in [0.29, 0.717) is 18.5 Å². The Morgan fingerprint density at radius 3 is 2.45 bits per heavy atom. The number of benzene rings is 1. The molecule has 0 bridgehead atoms. The van der Waals surface area contributed by atoms with E-state index in [9.17, 15) is 18.3 Å². The lowest BCUT2D eigenvalue weighted by molar-refractivity contribution is -0.137. The molecule has 1 heterocycles. The predicted octanol–water partition coefficient (Wildman–Crippen LogP) is 3.62. The summed E-state index contributed by atoms with van der Waals surface area (Å²) in [6.45, 7) is 5.64. The highest BCUT2D eigenvalue weighted by molar-refractivity contribution is 5.62. The fraction of sp³-hybridized carbons (Fsp3) is 0.600. The topological polar surface area (TPSA) is 23.5 Å². The summed E-state index contributed by atoms with van der Waals surface area (Å²) in [5.41, 5.74) is 0.970. The maximum Gasteiger partial charge on any atom is 0.416 e. The average Bonchev–Trinajstić information content (AvgIpc) is 2.63. The minimum atomic E-state index is -4.32. The molecule has 20 heavy (non-hydrogen) atoms. The first-order chi connectivity index (χ1) is 9.20. The van der Waals surface area contributed by atoms with Gasteiger partial charge in [0.2, 0.25) is 0 Å². The minimum absolute atomic E-state index is 0.0634. The quantitative estimate of drug-likeness (QED) is 0.918. The van der Waals surface area contributed by atoms with Crippen LogP contribution in [0.4, 0.5) is 18.9 Å². The van der Waals surface area contributed by atoms with Crippen LogP contribution in [0.2, 0.25) is 0 Å². The lowest BCUT2D eigenvalue weighted by Crippen LogP contribution is -2.39. The van der Waals surface area contributed by atoms with Crippen LogP contribution in [0.25, 0.3) is 0 Å². The van der Waals surface area contributed by atoms with Gasteiger partial charge in [-0.3, -0.25) is 0 Å². The van der Waals surface area contributed by atoms with Crippen LogP contribution in [0.15, 0.2) is 18.2 Å². The zero-order valence-electron chi connectivity index (χ0n) is 11.9. The van der Waals surface area contributed by atoms with Gasteiger partial charge in [0.1, 0.15) is 0 Å². The molecule has 1 aromatic rings. The number of aliphatic hydroxyl groups is 1. The Morgan fingerprint density at radius 2 is 1.95 bits per heavy atom. The molecule has 2 atom stereocenters. The van der Waals surface area contributed by atoms with Crippen LogP contribution in [-0.2, 0) is 12.6 Å². The molecule has 112 valence electrons. The van der Waals surface area contributed by atoms with Crippen molar-refractivity contribution in [2.45, 2.75) is 58.0 Å². The summed E-state index contributed by atoms with van der Waals surface area (Å²) in [5, 5.41) is 9.57. The second-order valence-corrected chi connectivity index (χ2v) is 5.78. The fourth-order valence-electron chi connectivity index (χ4n) is 2.99. The van der Waals surface area contributed by atoms with Crippen LogP contribution in [-0.4, -0.2) is 23.3 Å². The van der Waals surface area contributed by atoms with E-state index >= 15 is 0 Å². The minimum Gasteiger partial charge on any atom is -0.393 e. The van der Waals surface area contributed by atoms with E-state index in [1.54, 1.807) is 13.0 Å². The number of alkyl halides is 3. The van der Waals surface area contributed by atoms with Gasteiger partial charge in [0.15, 0.2) is 0 Å². The summed E-state index contributed by atoms with van der Waals surface area (Å²) >= 11 is 0. The number of fused-ring (bicyclic) bond motifs is 1. The summed E-state index contributed by atoms with van der Waals surface area (Å²) in [7, 11) is 0. The van der Waals surface area contributed by atoms with Gasteiger partial charge in [-0.15, -0.1) is 0 Å². The molecule has 0 saturated heterocycles. The molecule has 0 fully saturated rings. The zero-order chi connectivity index (χ0) is 15.1. The van der Waals surface area contributed by atoms with Gasteiger partial charge in [0.05, 0.1) is 11.7 Å². The monoisotopic (exact) mass is 287 g/mol. The highest BCUT2D eigenvalue weighted by Gasteiger charge is 2.36. The van der Waals surface area contributed by atoms with Crippen molar-refractivity contribution in [3.63, 3.8) is 0 Å². The van der Waals surface area contributed by atoms with E-state index < -0.39 is 17.8 Å². The van der Waals surface area contributed by atoms with Crippen molar-refractivity contribution >= 4 is 5.69 Å². The second-order valence-electron chi connectivity index (χ2n) is 5.78. The van der Waals surface area contributed by atoms with Gasteiger partial charge >= 0.3 is 6.18 Å². The molecular formula is C15H20F3NO. The molecule has 2 nitrogen and oxygen atoms in total. The lowest BCUT2D eigenvalue weighted by Gasteiger charge is -2.32. The SMILES string of the molecule is CC(O)CC1Cc2ccc(C(F)(F)F)cc2N1C(C)C. The molecule has 0 amide bonds. The van der Waals surface area contributed by atoms with Crippen LogP contribution in [0.5, 0.6) is 0 Å². The van der Waals surface area contributed by atoms with Gasteiger partial charge < -0.3 is 10.0 Å². The molecule has 1 N–H and O–H groups in total. The Labute approximate surface area is 117 Å². The summed E-state index contributed by atoms with van der Waals surface area (Å²) in [6.07, 6.45) is -3.53. The molecule has 0 saturated carbocycles. The van der Waals surface area contributed by atoms with Gasteiger partial charge in [-0.05, 0) is 51.3 Å². The molecule has 1 aliphatic rings. The number of aliphatic hydroxyl groups excluding tert-OH is 1. The second kappa shape index (κ2) is 5.28. The predicted molar refractivity (Wildman–Crippen MR) is 72.8 cm³/mol. The van der Waals surface area contributed by atoms with E-state index in [1.807, 2.05) is 18.7 Å². The van der Waals surface area contributed by atoms with Crippen molar-refractivity contribution < 1.29 is 18.3 Å². The molecule has 0 radical (unpaired) electrons. The van der Waals surface area contributed by atoms with E-state index in [-0.39, 0.29) is 12.1 Å². The first-order valence-corrected chi connectivity index (χ1v) is 6.86. The lowest BCUT2D eigenvalue weighted by atomic mass is 10.0. The first-order valence-electron chi connectivity index (χ1n) is 6.86. The molecule has 0 spiro atoms. The maximum absolute atomic E-state index is 12.8. The van der Waals surface area contributed by atoms with Crippen LogP contribution < -0.4 is 4.90 Å². The molecule has 1 aliphatic heterocycles. The van der Waals surface area contributed by atoms with E-state index in [0.717, 1.165) is 11.6 Å². The van der Waals surface area contributed by atoms with E-state index in [2.05, 4.69) is 0 Å². The number of nitrogens with zero attached hydrogens (tertiary/aromatic N) is 1. The summed E-state index contributed by atoms with van der Waals surface area (Å²) in [6, 6.07) is 4.10. The Bertz CT molecular complexity index is 482. The van der Waals surface area contributed by atoms with Crippen LogP contribution >= 0.6 is 0 Å². The third-order valence-electron chi connectivity index (χ3n) is 3.71. The summed E-state index contributed by atoms with van der Waals surface area (Å²) in [5.74, 6) is 0. The summed E-state index contributed by atoms with van der Waals surface area (Å²) in [4.78, 5) is 2.00. The van der Waals surface area contributed by atoms with Crippen molar-refractivity contribution in [3.8, 4) is 0 Å². The van der Waals surface area contributed by atoms with Gasteiger partial charge in [0.25, 0.3) is 0 Å². The Kier molecular flexibility index (Phi) is 4.00. The van der Waals surface area contributed by atoms with Gasteiger partial charge in [-0.25, -0.2) is 0 Å². The van der Waals surface area contributed by atoms with E-state index in [4.69, 9.17) is 0 Å². The molecular weight excluding hydrogens is 267 g/mol. The standard InChI is InChI=1S/C15H20F3NO/c1-9(2)19-13(6-10(3)20)7-11-4-5-12(8-14(11)19)15(16,17)18/h4-5,8-10,13,20H,6-7H2,1-3H3. The molecule has 1 aromatic carbocycles. The average molecular weight is 287 g/mol. The molecule has 0 aliphatic carbocycles. The number of hydrogen-bond donors (Lipinski definition) is 1. The molecule has 2 rings (SSSR count). The van der Waals surface area contributed by atoms with Crippen LogP contribution in [0.3, 0.4) is 0 Å². The van der Waals surface area contributed by atoms with Crippen molar-refractivity contribution in [1.82, 2.24) is 0 Å². The number of rotatable bonds is 3. The van der Waals surface area contributed by atoms with Crippen molar-refractivity contribution in [1.29, 1.82) is 0 Å². The largest absolute Gasteiger partial charge is 0.416 e. The Morgan fingerprint density at radius 1 is 1.30 bits per heavy atom. The van der Waals surface area contributed by atoms with Crippen molar-refractivity contribution in [2.75, 3.05) is 4.90 Å². The highest BCUT2D eigenvalue weighted by Crippen LogP contribution is 2.40. The van der Waals surface area contributed by atoms with E-state index in [1.165, 1.54) is 6.07 Å². The van der Waals surface area contributed by atoms with Crippen LogP contribution in [0, 0.1) is 0 Å². The normalized spacial score (nSPS) is 20.4. The maximum atomic E-state index is 12.8. The zero-order valence-corrected chi connectivity index (χ0v) is 11.9. The smallest absolute Gasteiger partial charge is 0.393 e. The highest BCUT2D eigenvalue weighted by atomic mass is 19.4. The third kappa shape index (κ3) is 2.92. The number of anilines is 1. The first kappa shape index (κ1) is 15.2. The van der Waals surface area contributed by atoms with Gasteiger partial charge in [0, 0.05) is 17.8 Å². The summed E-state index contributed by atoms with van der Waals surface area (Å²) < 4.78 is 38.5. The number of halogens is 3. The Hall–Kier alpha value is -1.23. The van der Waals surface area contributed by atoms with Crippen LogP contribution in [0.1, 0.15) is 38.3 Å². The molecule has 5 heteroatoms. The number of hydrogen-bond acceptors (Lipinski definition) is 2. The van der Waals surface area contributed by atoms with Crippen molar-refractivity contribution in [3.05, 3.63) is 29.3 Å². The third-order valence-corrected chi connectivity index (χ3v) is 3.71.